The predicted molar refractivity (Wildman–Crippen MR) is 98.5 cm³/mol. The number of hydrogen-bond acceptors (Lipinski definition) is 5. The van der Waals surface area contributed by atoms with E-state index in [4.69, 9.17) is 32.5 Å². The van der Waals surface area contributed by atoms with Gasteiger partial charge in [0.15, 0.2) is 11.9 Å². The van der Waals surface area contributed by atoms with Crippen molar-refractivity contribution in [2.24, 2.45) is 0 Å². The van der Waals surface area contributed by atoms with Crippen LogP contribution in [0.25, 0.3) is 0 Å². The Hall–Kier alpha value is -1.79. The summed E-state index contributed by atoms with van der Waals surface area (Å²) in [4.78, 5) is 17.1. The number of amides is 1. The zero-order valence-corrected chi connectivity index (χ0v) is 16.2. The number of nitrogens with zero attached hydrogens (tertiary/aromatic N) is 2. The molecule has 0 saturated heterocycles. The van der Waals surface area contributed by atoms with Crippen LogP contribution in [-0.2, 0) is 10.3 Å². The molecule has 1 aliphatic rings. The maximum Gasteiger partial charge on any atom is 0.261 e. The summed E-state index contributed by atoms with van der Waals surface area (Å²) >= 11 is 12.0. The molecule has 0 radical (unpaired) electrons. The molecular formula is C18H21Cl2N3O3. The fourth-order valence-corrected chi connectivity index (χ4v) is 3.66. The number of benzene rings is 1. The van der Waals surface area contributed by atoms with E-state index in [1.54, 1.807) is 32.0 Å². The van der Waals surface area contributed by atoms with Crippen LogP contribution in [0.2, 0.25) is 10.0 Å². The molecule has 1 saturated carbocycles. The van der Waals surface area contributed by atoms with Crippen molar-refractivity contribution < 1.29 is 14.1 Å². The monoisotopic (exact) mass is 397 g/mol. The number of halogens is 2. The highest BCUT2D eigenvalue weighted by atomic mass is 35.5. The normalized spacial score (nSPS) is 17.5. The van der Waals surface area contributed by atoms with Crippen LogP contribution in [0.4, 0.5) is 0 Å². The van der Waals surface area contributed by atoms with Crippen molar-refractivity contribution in [1.29, 1.82) is 0 Å². The third kappa shape index (κ3) is 4.13. The number of carbonyl (C=O) groups excluding carboxylic acids is 1. The Morgan fingerprint density at radius 1 is 1.31 bits per heavy atom. The van der Waals surface area contributed by atoms with Gasteiger partial charge in [0.05, 0.1) is 5.02 Å². The SMILES string of the molecule is Cc1nc(C2(NC(=O)C(C)Oc3ccc(Cl)cc3Cl)CCCCC2)no1. The Labute approximate surface area is 162 Å². The van der Waals surface area contributed by atoms with Gasteiger partial charge in [-0.05, 0) is 38.0 Å². The molecule has 1 fully saturated rings. The van der Waals surface area contributed by atoms with E-state index >= 15 is 0 Å². The van der Waals surface area contributed by atoms with Crippen LogP contribution in [0.15, 0.2) is 22.7 Å². The van der Waals surface area contributed by atoms with Crippen molar-refractivity contribution in [2.45, 2.75) is 57.6 Å². The van der Waals surface area contributed by atoms with Gasteiger partial charge in [0, 0.05) is 11.9 Å². The number of ether oxygens (including phenoxy) is 1. The highest BCUT2D eigenvalue weighted by Crippen LogP contribution is 2.36. The first-order chi connectivity index (χ1) is 12.4. The molecule has 1 unspecified atom stereocenters. The highest BCUT2D eigenvalue weighted by Gasteiger charge is 2.40. The summed E-state index contributed by atoms with van der Waals surface area (Å²) in [6.07, 6.45) is 3.91. The van der Waals surface area contributed by atoms with E-state index < -0.39 is 11.6 Å². The molecule has 2 aromatic rings. The molecule has 0 bridgehead atoms. The molecule has 8 heteroatoms. The Kier molecular flexibility index (Phi) is 5.73. The fraction of sp³-hybridized carbons (Fsp3) is 0.500. The van der Waals surface area contributed by atoms with E-state index in [1.807, 2.05) is 0 Å². The highest BCUT2D eigenvalue weighted by molar-refractivity contribution is 6.35. The van der Waals surface area contributed by atoms with Crippen molar-refractivity contribution >= 4 is 29.1 Å². The van der Waals surface area contributed by atoms with Crippen LogP contribution in [0.3, 0.4) is 0 Å². The van der Waals surface area contributed by atoms with E-state index in [1.165, 1.54) is 0 Å². The second kappa shape index (κ2) is 7.84. The van der Waals surface area contributed by atoms with Crippen LogP contribution in [-0.4, -0.2) is 22.2 Å². The summed E-state index contributed by atoms with van der Waals surface area (Å²) < 4.78 is 10.9. The van der Waals surface area contributed by atoms with E-state index in [9.17, 15) is 4.79 Å². The Bertz CT molecular complexity index is 788. The lowest BCUT2D eigenvalue weighted by atomic mass is 9.81. The summed E-state index contributed by atoms with van der Waals surface area (Å²) in [7, 11) is 0. The molecular weight excluding hydrogens is 377 g/mol. The molecule has 1 amide bonds. The van der Waals surface area contributed by atoms with E-state index in [0.717, 1.165) is 32.1 Å². The van der Waals surface area contributed by atoms with Gasteiger partial charge < -0.3 is 14.6 Å². The number of carbonyl (C=O) groups is 1. The van der Waals surface area contributed by atoms with Gasteiger partial charge in [-0.2, -0.15) is 4.98 Å². The van der Waals surface area contributed by atoms with Gasteiger partial charge in [0.1, 0.15) is 11.3 Å². The van der Waals surface area contributed by atoms with Gasteiger partial charge >= 0.3 is 0 Å². The van der Waals surface area contributed by atoms with Gasteiger partial charge in [-0.15, -0.1) is 0 Å². The maximum absolute atomic E-state index is 12.8. The molecule has 1 aromatic heterocycles. The van der Waals surface area contributed by atoms with Crippen molar-refractivity contribution in [1.82, 2.24) is 15.5 Å². The van der Waals surface area contributed by atoms with Crippen molar-refractivity contribution in [3.05, 3.63) is 40.0 Å². The van der Waals surface area contributed by atoms with Gasteiger partial charge in [0.25, 0.3) is 5.91 Å². The van der Waals surface area contributed by atoms with Gasteiger partial charge in [-0.3, -0.25) is 4.79 Å². The lowest BCUT2D eigenvalue weighted by Crippen LogP contribution is -2.51. The second-order valence-electron chi connectivity index (χ2n) is 6.60. The summed E-state index contributed by atoms with van der Waals surface area (Å²) in [5.41, 5.74) is -0.617. The smallest absolute Gasteiger partial charge is 0.261 e. The van der Waals surface area contributed by atoms with E-state index in [-0.39, 0.29) is 5.91 Å². The summed E-state index contributed by atoms with van der Waals surface area (Å²) in [6, 6.07) is 4.89. The molecule has 26 heavy (non-hydrogen) atoms. The molecule has 1 heterocycles. The minimum absolute atomic E-state index is 0.250. The van der Waals surface area contributed by atoms with Crippen LogP contribution in [0.1, 0.15) is 50.7 Å². The Balaban J connectivity index is 1.75. The van der Waals surface area contributed by atoms with E-state index in [0.29, 0.717) is 27.5 Å². The Morgan fingerprint density at radius 3 is 2.65 bits per heavy atom. The molecule has 3 rings (SSSR count). The average molecular weight is 398 g/mol. The first kappa shape index (κ1) is 19.0. The molecule has 140 valence electrons. The van der Waals surface area contributed by atoms with Crippen molar-refractivity contribution in [3.8, 4) is 5.75 Å². The van der Waals surface area contributed by atoms with Gasteiger partial charge in [0.2, 0.25) is 5.89 Å². The number of nitrogens with one attached hydrogen (secondary N) is 1. The summed E-state index contributed by atoms with van der Waals surface area (Å²) in [6.45, 7) is 3.42. The van der Waals surface area contributed by atoms with Crippen molar-refractivity contribution in [2.75, 3.05) is 0 Å². The standard InChI is InChI=1S/C18H21Cl2N3O3/c1-11(25-15-7-6-13(19)10-14(15)20)16(24)22-18(8-4-3-5-9-18)17-21-12(2)26-23-17/h6-7,10-11H,3-5,8-9H2,1-2H3,(H,22,24). The number of aromatic nitrogens is 2. The predicted octanol–water partition coefficient (Wildman–Crippen LogP) is 4.43. The maximum atomic E-state index is 12.8. The first-order valence-electron chi connectivity index (χ1n) is 8.64. The van der Waals surface area contributed by atoms with Crippen LogP contribution >= 0.6 is 23.2 Å². The summed E-state index contributed by atoms with van der Waals surface area (Å²) in [5, 5.41) is 8.02. The molecule has 6 nitrogen and oxygen atoms in total. The second-order valence-corrected chi connectivity index (χ2v) is 7.45. The van der Waals surface area contributed by atoms with E-state index in [2.05, 4.69) is 15.5 Å². The lowest BCUT2D eigenvalue weighted by Gasteiger charge is -2.36. The molecule has 1 atom stereocenters. The van der Waals surface area contributed by atoms with Gasteiger partial charge in [-0.1, -0.05) is 47.6 Å². The van der Waals surface area contributed by atoms with Crippen LogP contribution in [0.5, 0.6) is 5.75 Å². The zero-order valence-electron chi connectivity index (χ0n) is 14.7. The minimum Gasteiger partial charge on any atom is -0.479 e. The molecule has 1 aromatic carbocycles. The third-order valence-corrected chi connectivity index (χ3v) is 5.12. The molecule has 1 aliphatic carbocycles. The number of aryl methyl sites for hydroxylation is 1. The van der Waals surface area contributed by atoms with Crippen LogP contribution in [0, 0.1) is 6.92 Å². The minimum atomic E-state index is -0.736. The van der Waals surface area contributed by atoms with Crippen molar-refractivity contribution in [3.63, 3.8) is 0 Å². The topological polar surface area (TPSA) is 77.2 Å². The Morgan fingerprint density at radius 2 is 2.04 bits per heavy atom. The average Bonchev–Trinajstić information content (AvgIpc) is 3.05. The number of hydrogen-bond donors (Lipinski definition) is 1. The quantitative estimate of drug-likeness (QED) is 0.807. The molecule has 1 N–H and O–H groups in total. The fourth-order valence-electron chi connectivity index (χ4n) is 3.21. The van der Waals surface area contributed by atoms with Gasteiger partial charge in [-0.25, -0.2) is 0 Å². The third-order valence-electron chi connectivity index (χ3n) is 4.59. The number of rotatable bonds is 5. The zero-order chi connectivity index (χ0) is 18.7. The summed E-state index contributed by atoms with van der Waals surface area (Å²) in [5.74, 6) is 1.17. The molecule has 0 spiro atoms. The molecule has 0 aliphatic heterocycles. The first-order valence-corrected chi connectivity index (χ1v) is 9.40. The lowest BCUT2D eigenvalue weighted by molar-refractivity contribution is -0.130. The largest absolute Gasteiger partial charge is 0.479 e. The van der Waals surface area contributed by atoms with Crippen LogP contribution < -0.4 is 10.1 Å².